The molecule has 0 bridgehead atoms. The largest absolute Gasteiger partial charge is 0.403 e. The molecule has 1 aliphatic heterocycles. The lowest BCUT2D eigenvalue weighted by Crippen LogP contribution is -2.43. The summed E-state index contributed by atoms with van der Waals surface area (Å²) < 4.78 is 56.9. The van der Waals surface area contributed by atoms with Crippen molar-refractivity contribution in [1.82, 2.24) is 14.5 Å². The highest BCUT2D eigenvalue weighted by atomic mass is 35.5. The van der Waals surface area contributed by atoms with E-state index in [-0.39, 0.29) is 33.3 Å². The minimum absolute atomic E-state index is 0.00987. The summed E-state index contributed by atoms with van der Waals surface area (Å²) in [5.41, 5.74) is 0.493. The smallest absolute Gasteiger partial charge is 0.322 e. The van der Waals surface area contributed by atoms with Gasteiger partial charge in [-0.3, -0.25) is 10.1 Å². The fourth-order valence-electron chi connectivity index (χ4n) is 3.51. The van der Waals surface area contributed by atoms with E-state index in [1.807, 2.05) is 0 Å². The van der Waals surface area contributed by atoms with Crippen molar-refractivity contribution in [3.8, 4) is 11.5 Å². The summed E-state index contributed by atoms with van der Waals surface area (Å²) >= 11 is 6.85. The molecule has 1 atom stereocenters. The average molecular weight is 545 g/mol. The first kappa shape index (κ1) is 24.8. The van der Waals surface area contributed by atoms with E-state index in [1.54, 1.807) is 19.1 Å². The van der Waals surface area contributed by atoms with Gasteiger partial charge in [0, 0.05) is 18.7 Å². The molecule has 14 heteroatoms. The number of hydrogen-bond donors (Lipinski definition) is 1. The van der Waals surface area contributed by atoms with Crippen molar-refractivity contribution >= 4 is 54.7 Å². The lowest BCUT2D eigenvalue weighted by Gasteiger charge is -2.30. The molecule has 0 saturated carbocycles. The van der Waals surface area contributed by atoms with E-state index in [1.165, 1.54) is 28.6 Å². The summed E-state index contributed by atoms with van der Waals surface area (Å²) in [6.07, 6.45) is 1.04. The van der Waals surface area contributed by atoms with Gasteiger partial charge in [0.1, 0.15) is 4.21 Å². The molecule has 10 nitrogen and oxygen atoms in total. The number of carbonyl (C=O) groups excluding carboxylic acids is 1. The maximum absolute atomic E-state index is 12.9. The molecule has 4 rings (SSSR count). The van der Waals surface area contributed by atoms with Gasteiger partial charge in [-0.25, -0.2) is 16.8 Å². The van der Waals surface area contributed by atoms with Gasteiger partial charge in [-0.2, -0.15) is 4.31 Å². The van der Waals surface area contributed by atoms with Crippen LogP contribution in [0.25, 0.3) is 11.5 Å². The van der Waals surface area contributed by atoms with Crippen molar-refractivity contribution in [1.29, 1.82) is 0 Å². The van der Waals surface area contributed by atoms with Gasteiger partial charge < -0.3 is 4.42 Å². The third-order valence-electron chi connectivity index (χ3n) is 5.39. The number of nitrogens with zero attached hydrogens (tertiary/aromatic N) is 3. The molecule has 3 heterocycles. The van der Waals surface area contributed by atoms with Crippen molar-refractivity contribution in [2.75, 3.05) is 24.2 Å². The molecule has 2 aromatic heterocycles. The first-order valence-corrected chi connectivity index (χ1v) is 14.6. The Hall–Kier alpha value is -2.32. The first-order chi connectivity index (χ1) is 16.1. The van der Waals surface area contributed by atoms with E-state index in [2.05, 4.69) is 15.5 Å². The number of piperidine rings is 1. The Kier molecular flexibility index (Phi) is 7.10. The van der Waals surface area contributed by atoms with Gasteiger partial charge in [-0.15, -0.1) is 16.4 Å². The normalized spacial score (nSPS) is 17.5. The number of sulfonamides is 1. The van der Waals surface area contributed by atoms with E-state index in [4.69, 9.17) is 16.0 Å². The standard InChI is InChI=1S/C20H21ClN4O6S3/c1-2-33(27,28)15-7-5-13(6-8-15)19-23-24-20(31-19)22-18(26)14-4-3-11-25(12-14)34(29,30)17-10-9-16(21)32-17/h5-10,14H,2-4,11-12H2,1H3,(H,22,24,26). The average Bonchev–Trinajstić information content (AvgIpc) is 3.49. The summed E-state index contributed by atoms with van der Waals surface area (Å²) in [5.74, 6) is -0.918. The molecule has 1 N–H and O–H groups in total. The van der Waals surface area contributed by atoms with Crippen molar-refractivity contribution in [3.05, 3.63) is 40.7 Å². The monoisotopic (exact) mass is 544 g/mol. The Labute approximate surface area is 205 Å². The van der Waals surface area contributed by atoms with Gasteiger partial charge >= 0.3 is 6.01 Å². The van der Waals surface area contributed by atoms with Gasteiger partial charge in [0.2, 0.25) is 11.8 Å². The first-order valence-electron chi connectivity index (χ1n) is 10.3. The van der Waals surface area contributed by atoms with Crippen LogP contribution in [-0.2, 0) is 24.7 Å². The van der Waals surface area contributed by atoms with Crippen molar-refractivity contribution in [2.45, 2.75) is 28.9 Å². The third-order valence-corrected chi connectivity index (χ3v) is 10.7. The molecule has 0 aliphatic carbocycles. The molecule has 0 spiro atoms. The fourth-order valence-corrected chi connectivity index (χ4v) is 7.55. The fraction of sp³-hybridized carbons (Fsp3) is 0.350. The number of carbonyl (C=O) groups is 1. The molecule has 1 unspecified atom stereocenters. The van der Waals surface area contributed by atoms with Crippen LogP contribution in [0.1, 0.15) is 19.8 Å². The van der Waals surface area contributed by atoms with Gasteiger partial charge in [0.15, 0.2) is 9.84 Å². The number of hydrogen-bond acceptors (Lipinski definition) is 9. The summed E-state index contributed by atoms with van der Waals surface area (Å²) in [6, 6.07) is 8.84. The van der Waals surface area contributed by atoms with Crippen LogP contribution in [0.3, 0.4) is 0 Å². The van der Waals surface area contributed by atoms with E-state index in [0.717, 1.165) is 11.3 Å². The van der Waals surface area contributed by atoms with Crippen molar-refractivity contribution in [2.24, 2.45) is 5.92 Å². The molecular formula is C20H21ClN4O6S3. The Morgan fingerprint density at radius 1 is 1.18 bits per heavy atom. The Morgan fingerprint density at radius 2 is 1.91 bits per heavy atom. The third kappa shape index (κ3) is 5.18. The zero-order valence-corrected chi connectivity index (χ0v) is 21.2. The quantitative estimate of drug-likeness (QED) is 0.478. The highest BCUT2D eigenvalue weighted by Gasteiger charge is 2.34. The van der Waals surface area contributed by atoms with Gasteiger partial charge in [-0.05, 0) is 49.2 Å². The minimum atomic E-state index is -3.74. The van der Waals surface area contributed by atoms with Crippen LogP contribution < -0.4 is 5.32 Å². The van der Waals surface area contributed by atoms with E-state index in [9.17, 15) is 21.6 Å². The Balaban J connectivity index is 1.42. The number of sulfone groups is 1. The summed E-state index contributed by atoms with van der Waals surface area (Å²) in [4.78, 5) is 13.0. The number of anilines is 1. The lowest BCUT2D eigenvalue weighted by atomic mass is 9.99. The van der Waals surface area contributed by atoms with Crippen molar-refractivity contribution in [3.63, 3.8) is 0 Å². The second-order valence-electron chi connectivity index (χ2n) is 7.59. The van der Waals surface area contributed by atoms with Crippen LogP contribution >= 0.6 is 22.9 Å². The minimum Gasteiger partial charge on any atom is -0.403 e. The van der Waals surface area contributed by atoms with Crippen LogP contribution in [0.15, 0.2) is 49.9 Å². The predicted octanol–water partition coefficient (Wildman–Crippen LogP) is 3.28. The van der Waals surface area contributed by atoms with Gasteiger partial charge in [0.25, 0.3) is 10.0 Å². The van der Waals surface area contributed by atoms with Crippen LogP contribution in [0, 0.1) is 5.92 Å². The maximum Gasteiger partial charge on any atom is 0.322 e. The van der Waals surface area contributed by atoms with Crippen LogP contribution in [0.2, 0.25) is 4.34 Å². The molecule has 1 saturated heterocycles. The highest BCUT2D eigenvalue weighted by Crippen LogP contribution is 2.31. The molecule has 1 aliphatic rings. The molecular weight excluding hydrogens is 524 g/mol. The number of aromatic nitrogens is 2. The Morgan fingerprint density at radius 3 is 2.56 bits per heavy atom. The Bertz CT molecular complexity index is 1400. The van der Waals surface area contributed by atoms with Gasteiger partial charge in [0.05, 0.1) is 20.9 Å². The number of rotatable bonds is 7. The molecule has 182 valence electrons. The van der Waals surface area contributed by atoms with E-state index < -0.39 is 31.7 Å². The van der Waals surface area contributed by atoms with Crippen LogP contribution in [-0.4, -0.2) is 56.1 Å². The van der Waals surface area contributed by atoms with Crippen LogP contribution in [0.5, 0.6) is 0 Å². The number of nitrogens with one attached hydrogen (secondary N) is 1. The molecule has 0 radical (unpaired) electrons. The second-order valence-corrected chi connectivity index (χ2v) is 13.7. The SMILES string of the molecule is CCS(=O)(=O)c1ccc(-c2nnc(NC(=O)C3CCCN(S(=O)(=O)c4ccc(Cl)s4)C3)o2)cc1. The summed E-state index contributed by atoms with van der Waals surface area (Å²) in [6.45, 7) is 1.91. The topological polar surface area (TPSA) is 140 Å². The molecule has 1 fully saturated rings. The molecule has 1 aromatic carbocycles. The predicted molar refractivity (Wildman–Crippen MR) is 127 cm³/mol. The summed E-state index contributed by atoms with van der Waals surface area (Å²) in [7, 11) is -7.06. The van der Waals surface area contributed by atoms with Crippen molar-refractivity contribution < 1.29 is 26.0 Å². The number of benzene rings is 1. The maximum atomic E-state index is 12.9. The second kappa shape index (κ2) is 9.74. The van der Waals surface area contributed by atoms with E-state index in [0.29, 0.717) is 29.3 Å². The number of thiophene rings is 1. The van der Waals surface area contributed by atoms with Crippen LogP contribution in [0.4, 0.5) is 6.01 Å². The van der Waals surface area contributed by atoms with E-state index >= 15 is 0 Å². The zero-order chi connectivity index (χ0) is 24.5. The lowest BCUT2D eigenvalue weighted by molar-refractivity contribution is -0.121. The molecule has 3 aromatic rings. The molecule has 34 heavy (non-hydrogen) atoms. The number of amides is 1. The zero-order valence-electron chi connectivity index (χ0n) is 18.0. The van der Waals surface area contributed by atoms with Gasteiger partial charge in [-0.1, -0.05) is 23.6 Å². The number of halogens is 1. The molecule has 1 amide bonds. The highest BCUT2D eigenvalue weighted by molar-refractivity contribution is 7.91. The summed E-state index contributed by atoms with van der Waals surface area (Å²) in [5, 5.41) is 10.3.